The van der Waals surface area contributed by atoms with E-state index in [4.69, 9.17) is 4.74 Å². The summed E-state index contributed by atoms with van der Waals surface area (Å²) in [4.78, 5) is 12.2. The normalized spacial score (nSPS) is 12.9. The number of carbonyl (C=O) groups is 1. The minimum Gasteiger partial charge on any atom is -0.457 e. The van der Waals surface area contributed by atoms with E-state index in [9.17, 15) is 9.36 Å². The molecule has 0 aliphatic heterocycles. The van der Waals surface area contributed by atoms with Gasteiger partial charge in [0.25, 0.3) is 0 Å². The molecule has 3 nitrogen and oxygen atoms in total. The lowest BCUT2D eigenvalue weighted by Crippen LogP contribution is -2.05. The molecule has 0 spiro atoms. The summed E-state index contributed by atoms with van der Waals surface area (Å²) in [5.74, 6) is -0.344. The van der Waals surface area contributed by atoms with E-state index in [1.807, 2.05) is 67.3 Å². The summed E-state index contributed by atoms with van der Waals surface area (Å²) < 4.78 is 18.3. The predicted molar refractivity (Wildman–Crippen MR) is 119 cm³/mol. The Balaban J connectivity index is 1.48. The first-order chi connectivity index (χ1) is 14.0. The maximum absolute atomic E-state index is 13.0. The van der Waals surface area contributed by atoms with Crippen molar-refractivity contribution in [3.05, 3.63) is 107 Å². The third kappa shape index (κ3) is 7.03. The fourth-order valence-electron chi connectivity index (χ4n) is 3.28. The number of esters is 1. The molecule has 4 heteroatoms. The molecule has 0 aliphatic carbocycles. The molecule has 29 heavy (non-hydrogen) atoms. The van der Waals surface area contributed by atoms with Gasteiger partial charge in [0.2, 0.25) is 0 Å². The average Bonchev–Trinajstić information content (AvgIpc) is 2.73. The molecule has 0 saturated heterocycles. The molecule has 1 unspecified atom stereocenters. The van der Waals surface area contributed by atoms with Gasteiger partial charge in [-0.05, 0) is 48.3 Å². The Labute approximate surface area is 173 Å². The Morgan fingerprint density at radius 3 is 2.00 bits per heavy atom. The molecule has 0 N–H and O–H groups in total. The first kappa shape index (κ1) is 21.1. The predicted octanol–water partition coefficient (Wildman–Crippen LogP) is 6.17. The number of hydrogen-bond donors (Lipinski definition) is 0. The van der Waals surface area contributed by atoms with E-state index in [0.29, 0.717) is 11.7 Å². The summed E-state index contributed by atoms with van der Waals surface area (Å²) in [7, 11) is -2.26. The van der Waals surface area contributed by atoms with Crippen LogP contribution in [0.4, 0.5) is 0 Å². The van der Waals surface area contributed by atoms with E-state index in [1.165, 1.54) is 5.56 Å². The Morgan fingerprint density at radius 2 is 1.38 bits per heavy atom. The van der Waals surface area contributed by atoms with Crippen molar-refractivity contribution in [1.29, 1.82) is 0 Å². The summed E-state index contributed by atoms with van der Waals surface area (Å²) >= 11 is 0. The monoisotopic (exact) mass is 406 g/mol. The third-order valence-electron chi connectivity index (χ3n) is 4.86. The molecular weight excluding hydrogens is 379 g/mol. The smallest absolute Gasteiger partial charge is 0.338 e. The molecule has 0 radical (unpaired) electrons. The molecule has 0 aliphatic rings. The van der Waals surface area contributed by atoms with Crippen LogP contribution in [0.25, 0.3) is 0 Å². The number of rotatable bonds is 9. The summed E-state index contributed by atoms with van der Waals surface area (Å²) in [5.41, 5.74) is 3.75. The highest BCUT2D eigenvalue weighted by atomic mass is 31.2. The van der Waals surface area contributed by atoms with Gasteiger partial charge in [-0.25, -0.2) is 4.79 Å². The highest BCUT2D eigenvalue weighted by Crippen LogP contribution is 2.45. The molecule has 0 fully saturated rings. The second kappa shape index (κ2) is 10.2. The lowest BCUT2D eigenvalue weighted by atomic mass is 10.1. The number of carbonyl (C=O) groups excluding carboxylic acids is 1. The number of ether oxygens (including phenoxy) is 1. The molecule has 0 saturated carbocycles. The van der Waals surface area contributed by atoms with Gasteiger partial charge in [-0.1, -0.05) is 72.8 Å². The highest BCUT2D eigenvalue weighted by Gasteiger charge is 2.16. The average molecular weight is 406 g/mol. The van der Waals surface area contributed by atoms with Crippen molar-refractivity contribution in [3.8, 4) is 0 Å². The minimum absolute atomic E-state index is 0.257. The van der Waals surface area contributed by atoms with Gasteiger partial charge in [0.1, 0.15) is 6.61 Å². The van der Waals surface area contributed by atoms with E-state index < -0.39 is 7.14 Å². The van der Waals surface area contributed by atoms with Crippen LogP contribution in [-0.2, 0) is 28.5 Å². The summed E-state index contributed by atoms with van der Waals surface area (Å²) in [6, 6.07) is 27.2. The van der Waals surface area contributed by atoms with Crippen molar-refractivity contribution < 1.29 is 14.1 Å². The van der Waals surface area contributed by atoms with E-state index in [2.05, 4.69) is 12.1 Å². The number of hydrogen-bond acceptors (Lipinski definition) is 3. The van der Waals surface area contributed by atoms with Gasteiger partial charge in [-0.2, -0.15) is 0 Å². The lowest BCUT2D eigenvalue weighted by molar-refractivity contribution is 0.0472. The zero-order valence-corrected chi connectivity index (χ0v) is 17.7. The SMILES string of the molecule is CP(=O)(CCCc1ccccc1)Cc1ccc(C(=O)OCc2ccccc2)cc1. The Bertz CT molecular complexity index is 950. The van der Waals surface area contributed by atoms with Gasteiger partial charge >= 0.3 is 5.97 Å². The Hall–Kier alpha value is -2.64. The molecule has 0 bridgehead atoms. The standard InChI is InChI=1S/C25H27O3P/c1-29(27,18-8-13-21-9-4-2-5-10-21)20-23-14-16-24(17-15-23)25(26)28-19-22-11-6-3-7-12-22/h2-7,9-12,14-17H,8,13,18-20H2,1H3. The van der Waals surface area contributed by atoms with Crippen molar-refractivity contribution in [2.75, 3.05) is 12.8 Å². The maximum atomic E-state index is 13.0. The molecule has 150 valence electrons. The van der Waals surface area contributed by atoms with Crippen molar-refractivity contribution in [3.63, 3.8) is 0 Å². The fourth-order valence-corrected chi connectivity index (χ4v) is 5.25. The lowest BCUT2D eigenvalue weighted by Gasteiger charge is -2.13. The summed E-state index contributed by atoms with van der Waals surface area (Å²) in [6.07, 6.45) is 3.15. The second-order valence-electron chi connectivity index (χ2n) is 7.53. The zero-order chi connectivity index (χ0) is 20.5. The van der Waals surface area contributed by atoms with Crippen LogP contribution in [0.2, 0.25) is 0 Å². The first-order valence-corrected chi connectivity index (χ1v) is 12.4. The van der Waals surface area contributed by atoms with Crippen molar-refractivity contribution in [2.24, 2.45) is 0 Å². The third-order valence-corrected chi connectivity index (χ3v) is 7.16. The van der Waals surface area contributed by atoms with Crippen molar-refractivity contribution in [1.82, 2.24) is 0 Å². The van der Waals surface area contributed by atoms with Gasteiger partial charge in [-0.3, -0.25) is 0 Å². The Kier molecular flexibility index (Phi) is 7.43. The second-order valence-corrected chi connectivity index (χ2v) is 10.9. The van der Waals surface area contributed by atoms with Crippen molar-refractivity contribution in [2.45, 2.75) is 25.6 Å². The molecule has 3 aromatic carbocycles. The van der Waals surface area contributed by atoms with Crippen LogP contribution in [-0.4, -0.2) is 18.8 Å². The summed E-state index contributed by atoms with van der Waals surface area (Å²) in [6.45, 7) is 2.13. The van der Waals surface area contributed by atoms with E-state index in [-0.39, 0.29) is 12.6 Å². The maximum Gasteiger partial charge on any atom is 0.338 e. The van der Waals surface area contributed by atoms with Crippen LogP contribution >= 0.6 is 7.14 Å². The highest BCUT2D eigenvalue weighted by molar-refractivity contribution is 7.62. The number of benzene rings is 3. The number of aryl methyl sites for hydroxylation is 1. The van der Waals surface area contributed by atoms with Crippen LogP contribution in [0.15, 0.2) is 84.9 Å². The van der Waals surface area contributed by atoms with Gasteiger partial charge in [0, 0.05) is 12.3 Å². The van der Waals surface area contributed by atoms with Crippen LogP contribution in [0.1, 0.15) is 33.5 Å². The van der Waals surface area contributed by atoms with Crippen LogP contribution < -0.4 is 0 Å². The van der Waals surface area contributed by atoms with Crippen LogP contribution in [0, 0.1) is 0 Å². The topological polar surface area (TPSA) is 43.4 Å². The van der Waals surface area contributed by atoms with E-state index in [0.717, 1.165) is 30.1 Å². The van der Waals surface area contributed by atoms with Gasteiger partial charge in [0.15, 0.2) is 0 Å². The molecular formula is C25H27O3P. The molecule has 0 heterocycles. The summed E-state index contributed by atoms with van der Waals surface area (Å²) in [5, 5.41) is 0. The van der Waals surface area contributed by atoms with Crippen LogP contribution in [0.5, 0.6) is 0 Å². The first-order valence-electron chi connectivity index (χ1n) is 9.91. The molecule has 0 amide bonds. The molecule has 3 aromatic rings. The van der Waals surface area contributed by atoms with E-state index >= 15 is 0 Å². The Morgan fingerprint density at radius 1 is 0.793 bits per heavy atom. The van der Waals surface area contributed by atoms with Crippen LogP contribution in [0.3, 0.4) is 0 Å². The van der Waals surface area contributed by atoms with E-state index in [1.54, 1.807) is 12.1 Å². The van der Waals surface area contributed by atoms with Gasteiger partial charge < -0.3 is 9.30 Å². The van der Waals surface area contributed by atoms with Gasteiger partial charge in [0.05, 0.1) is 12.7 Å². The fraction of sp³-hybridized carbons (Fsp3) is 0.240. The van der Waals surface area contributed by atoms with Crippen molar-refractivity contribution >= 4 is 13.1 Å². The molecule has 3 rings (SSSR count). The molecule has 1 atom stereocenters. The quantitative estimate of drug-likeness (QED) is 0.315. The largest absolute Gasteiger partial charge is 0.457 e. The molecule has 0 aromatic heterocycles. The zero-order valence-electron chi connectivity index (χ0n) is 16.8. The minimum atomic E-state index is -2.26. The van der Waals surface area contributed by atoms with Gasteiger partial charge in [-0.15, -0.1) is 0 Å².